The van der Waals surface area contributed by atoms with Crippen molar-refractivity contribution in [2.45, 2.75) is 32.7 Å². The number of methoxy groups -OCH3 is 1. The van der Waals surface area contributed by atoms with E-state index in [1.54, 1.807) is 25.8 Å². The lowest BCUT2D eigenvalue weighted by Gasteiger charge is -2.37. The third-order valence-corrected chi connectivity index (χ3v) is 7.54. The minimum atomic E-state index is 0.561. The van der Waals surface area contributed by atoms with Crippen molar-refractivity contribution in [3.8, 4) is 11.5 Å². The average Bonchev–Trinajstić information content (AvgIpc) is 2.96. The molecule has 3 aromatic rings. The van der Waals surface area contributed by atoms with E-state index in [0.717, 1.165) is 84.8 Å². The van der Waals surface area contributed by atoms with Crippen LogP contribution in [-0.2, 0) is 6.54 Å². The fraction of sp³-hybridized carbons (Fsp3) is 0.519. The lowest BCUT2D eigenvalue weighted by molar-refractivity contribution is 0.181. The summed E-state index contributed by atoms with van der Waals surface area (Å²) < 4.78 is 11.8. The molecule has 1 N–H and O–H groups in total. The fourth-order valence-corrected chi connectivity index (χ4v) is 5.21. The zero-order valence-electron chi connectivity index (χ0n) is 22.2. The highest BCUT2D eigenvalue weighted by molar-refractivity contribution is 7.80. The van der Waals surface area contributed by atoms with Gasteiger partial charge in [-0.15, -0.1) is 0 Å². The monoisotopic (exact) mass is 536 g/mol. The number of rotatable bonds is 8. The number of piperidine rings is 1. The number of likely N-dealkylation sites (tertiary alicyclic amines) is 1. The summed E-state index contributed by atoms with van der Waals surface area (Å²) >= 11 is 5.64. The Hall–Kier alpha value is -3.31. The van der Waals surface area contributed by atoms with Crippen LogP contribution >= 0.6 is 12.2 Å². The molecule has 10 nitrogen and oxygen atoms in total. The zero-order chi connectivity index (χ0) is 26.3. The van der Waals surface area contributed by atoms with Crippen LogP contribution < -0.4 is 19.7 Å². The second-order valence-corrected chi connectivity index (χ2v) is 10.1. The zero-order valence-corrected chi connectivity index (χ0v) is 23.0. The Morgan fingerprint density at radius 2 is 1.76 bits per heavy atom. The number of nitrogens with one attached hydrogen (secondary N) is 1. The highest BCUT2D eigenvalue weighted by Gasteiger charge is 2.22. The number of piperazine rings is 1. The molecule has 202 valence electrons. The first-order valence-electron chi connectivity index (χ1n) is 13.3. The number of benzene rings is 1. The van der Waals surface area contributed by atoms with Gasteiger partial charge in [0.25, 0.3) is 0 Å². The lowest BCUT2D eigenvalue weighted by atomic mass is 10.1. The van der Waals surface area contributed by atoms with E-state index in [1.807, 2.05) is 19.1 Å². The number of fused-ring (bicyclic) bond motifs is 1. The van der Waals surface area contributed by atoms with E-state index in [-0.39, 0.29) is 0 Å². The third-order valence-electron chi connectivity index (χ3n) is 7.14. The van der Waals surface area contributed by atoms with Crippen LogP contribution in [0.3, 0.4) is 0 Å². The second-order valence-electron chi connectivity index (χ2n) is 9.75. The third kappa shape index (κ3) is 6.39. The van der Waals surface area contributed by atoms with Gasteiger partial charge < -0.3 is 24.6 Å². The van der Waals surface area contributed by atoms with Gasteiger partial charge in [-0.3, -0.25) is 14.9 Å². The Morgan fingerprint density at radius 1 is 0.947 bits per heavy atom. The van der Waals surface area contributed by atoms with Crippen molar-refractivity contribution in [3.05, 3.63) is 42.2 Å². The summed E-state index contributed by atoms with van der Waals surface area (Å²) in [5, 5.41) is 5.00. The number of aromatic nitrogens is 4. The predicted octanol–water partition coefficient (Wildman–Crippen LogP) is 2.80. The van der Waals surface area contributed by atoms with Crippen LogP contribution in [0.25, 0.3) is 10.9 Å². The van der Waals surface area contributed by atoms with Gasteiger partial charge >= 0.3 is 0 Å². The van der Waals surface area contributed by atoms with E-state index >= 15 is 0 Å². The predicted molar refractivity (Wildman–Crippen MR) is 152 cm³/mol. The summed E-state index contributed by atoms with van der Waals surface area (Å²) in [4.78, 5) is 24.8. The van der Waals surface area contributed by atoms with Crippen LogP contribution in [0.2, 0.25) is 0 Å². The topological polar surface area (TPSA) is 91.8 Å². The van der Waals surface area contributed by atoms with Crippen LogP contribution in [0.15, 0.2) is 30.9 Å². The maximum absolute atomic E-state index is 6.15. The molecule has 0 atom stereocenters. The molecule has 0 amide bonds. The SMILES string of the molecule is COc1cc2c(N3CCN(C(=S)NCc4cnc(C)cn4)CC3)ncnc2cc1OCCN1CCCCC1. The first kappa shape index (κ1) is 26.3. The number of ether oxygens (including phenoxy) is 2. The molecule has 0 spiro atoms. The van der Waals surface area contributed by atoms with Crippen LogP contribution in [0.1, 0.15) is 30.7 Å². The number of hydrogen-bond donors (Lipinski definition) is 1. The summed E-state index contributed by atoms with van der Waals surface area (Å²) in [5.74, 6) is 2.33. The highest BCUT2D eigenvalue weighted by Crippen LogP contribution is 2.35. The molecule has 2 aliphatic heterocycles. The number of nitrogens with zero attached hydrogens (tertiary/aromatic N) is 7. The standard InChI is InChI=1S/C27H36N8O2S/c1-20-16-29-21(17-28-20)18-30-27(38)35-10-8-34(9-11-35)26-22-14-24(36-2)25(15-23(22)31-19-32-26)37-13-12-33-6-4-3-5-7-33/h14-17,19H,3-13,18H2,1-2H3,(H,30,38). The minimum Gasteiger partial charge on any atom is -0.493 e. The average molecular weight is 537 g/mol. The highest BCUT2D eigenvalue weighted by atomic mass is 32.1. The molecule has 38 heavy (non-hydrogen) atoms. The minimum absolute atomic E-state index is 0.561. The van der Waals surface area contributed by atoms with E-state index in [9.17, 15) is 0 Å². The first-order chi connectivity index (χ1) is 18.6. The van der Waals surface area contributed by atoms with Crippen LogP contribution in [-0.4, -0.2) is 94.4 Å². The van der Waals surface area contributed by atoms with Gasteiger partial charge in [-0.1, -0.05) is 6.42 Å². The molecule has 5 rings (SSSR count). The van der Waals surface area contributed by atoms with Crippen molar-refractivity contribution in [1.82, 2.24) is 35.1 Å². The fourth-order valence-electron chi connectivity index (χ4n) is 4.95. The molecule has 0 unspecified atom stereocenters. The van der Waals surface area contributed by atoms with E-state index in [1.165, 1.54) is 19.3 Å². The largest absolute Gasteiger partial charge is 0.493 e. The molecule has 2 fully saturated rings. The Balaban J connectivity index is 1.20. The van der Waals surface area contributed by atoms with Crippen molar-refractivity contribution >= 4 is 34.1 Å². The molecule has 0 saturated carbocycles. The van der Waals surface area contributed by atoms with E-state index in [2.05, 4.69) is 40.0 Å². The molecule has 4 heterocycles. The molecular weight excluding hydrogens is 500 g/mol. The van der Waals surface area contributed by atoms with Gasteiger partial charge in [0.05, 0.1) is 36.8 Å². The van der Waals surface area contributed by atoms with Gasteiger partial charge in [0.1, 0.15) is 18.8 Å². The Kier molecular flexibility index (Phi) is 8.65. The van der Waals surface area contributed by atoms with Gasteiger partial charge in [0, 0.05) is 50.4 Å². The Bertz CT molecular complexity index is 1230. The van der Waals surface area contributed by atoms with Gasteiger partial charge in [-0.05, 0) is 51.1 Å². The second kappa shape index (κ2) is 12.5. The molecule has 0 radical (unpaired) electrons. The van der Waals surface area contributed by atoms with Crippen LogP contribution in [0.4, 0.5) is 5.82 Å². The molecular formula is C27H36N8O2S. The van der Waals surface area contributed by atoms with Gasteiger partial charge in [-0.25, -0.2) is 9.97 Å². The maximum atomic E-state index is 6.15. The molecule has 1 aromatic carbocycles. The molecule has 11 heteroatoms. The van der Waals surface area contributed by atoms with Crippen LogP contribution in [0, 0.1) is 6.92 Å². The summed E-state index contributed by atoms with van der Waals surface area (Å²) in [7, 11) is 1.68. The first-order valence-corrected chi connectivity index (χ1v) is 13.7. The van der Waals surface area contributed by atoms with Crippen molar-refractivity contribution < 1.29 is 9.47 Å². The Labute approximate surface area is 229 Å². The molecule has 2 aliphatic rings. The smallest absolute Gasteiger partial charge is 0.169 e. The molecule has 2 aromatic heterocycles. The van der Waals surface area contributed by atoms with Crippen molar-refractivity contribution in [2.24, 2.45) is 0 Å². The lowest BCUT2D eigenvalue weighted by Crippen LogP contribution is -2.51. The van der Waals surface area contributed by atoms with Crippen molar-refractivity contribution in [3.63, 3.8) is 0 Å². The van der Waals surface area contributed by atoms with Crippen molar-refractivity contribution in [2.75, 3.05) is 64.4 Å². The summed E-state index contributed by atoms with van der Waals surface area (Å²) in [5.41, 5.74) is 2.62. The number of anilines is 1. The van der Waals surface area contributed by atoms with E-state index in [0.29, 0.717) is 18.9 Å². The normalized spacial score (nSPS) is 16.5. The van der Waals surface area contributed by atoms with E-state index in [4.69, 9.17) is 21.7 Å². The van der Waals surface area contributed by atoms with E-state index < -0.39 is 0 Å². The maximum Gasteiger partial charge on any atom is 0.169 e. The Morgan fingerprint density at radius 3 is 2.50 bits per heavy atom. The molecule has 2 saturated heterocycles. The van der Waals surface area contributed by atoms with Crippen LogP contribution in [0.5, 0.6) is 11.5 Å². The number of hydrogen-bond acceptors (Lipinski definition) is 9. The van der Waals surface area contributed by atoms with Gasteiger partial charge in [-0.2, -0.15) is 0 Å². The quantitative estimate of drug-likeness (QED) is 0.431. The van der Waals surface area contributed by atoms with Crippen molar-refractivity contribution in [1.29, 1.82) is 0 Å². The van der Waals surface area contributed by atoms with Gasteiger partial charge in [0.15, 0.2) is 16.6 Å². The number of thiocarbonyl (C=S) groups is 1. The summed E-state index contributed by atoms with van der Waals surface area (Å²) in [6.45, 7) is 9.55. The summed E-state index contributed by atoms with van der Waals surface area (Å²) in [6, 6.07) is 3.97. The molecule has 0 aliphatic carbocycles. The van der Waals surface area contributed by atoms with Gasteiger partial charge in [0.2, 0.25) is 0 Å². The molecule has 0 bridgehead atoms. The summed E-state index contributed by atoms with van der Waals surface area (Å²) in [6.07, 6.45) is 9.06. The number of aryl methyl sites for hydroxylation is 1.